The van der Waals surface area contributed by atoms with Gasteiger partial charge in [-0.05, 0) is 63.6 Å². The summed E-state index contributed by atoms with van der Waals surface area (Å²) in [5.41, 5.74) is -1.33. The molecule has 1 saturated carbocycles. The molecule has 2 fully saturated rings. The fourth-order valence-electron chi connectivity index (χ4n) is 5.81. The summed E-state index contributed by atoms with van der Waals surface area (Å²) < 4.78 is 76.7. The number of aromatic nitrogens is 1. The van der Waals surface area contributed by atoms with Crippen molar-refractivity contribution in [2.24, 2.45) is 5.92 Å². The van der Waals surface area contributed by atoms with Gasteiger partial charge in [0.2, 0.25) is 10.0 Å². The molecule has 0 atom stereocenters. The Balaban J connectivity index is 1.77. The van der Waals surface area contributed by atoms with E-state index in [-0.39, 0.29) is 29.1 Å². The first-order chi connectivity index (χ1) is 19.2. The van der Waals surface area contributed by atoms with Crippen molar-refractivity contribution in [3.63, 3.8) is 0 Å². The Morgan fingerprint density at radius 1 is 1.10 bits per heavy atom. The number of hydrogen-bond acceptors (Lipinski definition) is 6. The van der Waals surface area contributed by atoms with Crippen LogP contribution >= 0.6 is 11.3 Å². The highest BCUT2D eigenvalue weighted by Gasteiger charge is 2.42. The Morgan fingerprint density at radius 3 is 2.34 bits per heavy atom. The zero-order valence-electron chi connectivity index (χ0n) is 24.1. The second kappa shape index (κ2) is 12.7. The van der Waals surface area contributed by atoms with Gasteiger partial charge in [0.1, 0.15) is 0 Å². The summed E-state index contributed by atoms with van der Waals surface area (Å²) in [7, 11) is -4.45. The van der Waals surface area contributed by atoms with Crippen LogP contribution in [0, 0.1) is 5.92 Å². The van der Waals surface area contributed by atoms with E-state index >= 15 is 0 Å². The molecule has 1 aromatic heterocycles. The number of nitrogens with zero attached hydrogens (tertiary/aromatic N) is 2. The van der Waals surface area contributed by atoms with Gasteiger partial charge < -0.3 is 10.1 Å². The van der Waals surface area contributed by atoms with E-state index in [2.05, 4.69) is 10.3 Å². The lowest BCUT2D eigenvalue weighted by atomic mass is 9.85. The maximum atomic E-state index is 14.4. The molecular weight excluding hydrogens is 575 g/mol. The molecule has 1 N–H and O–H groups in total. The molecule has 1 aliphatic heterocycles. The van der Waals surface area contributed by atoms with Gasteiger partial charge in [-0.2, -0.15) is 17.5 Å². The summed E-state index contributed by atoms with van der Waals surface area (Å²) in [5, 5.41) is 3.19. The summed E-state index contributed by atoms with van der Waals surface area (Å²) >= 11 is 1.06. The van der Waals surface area contributed by atoms with E-state index in [9.17, 15) is 26.4 Å². The molecular formula is C29H40F3N3O4S2. The smallest absolute Gasteiger partial charge is 0.381 e. The molecule has 1 aromatic carbocycles. The van der Waals surface area contributed by atoms with Gasteiger partial charge in [-0.15, -0.1) is 11.3 Å². The zero-order valence-corrected chi connectivity index (χ0v) is 25.8. The summed E-state index contributed by atoms with van der Waals surface area (Å²) in [4.78, 5) is 17.5. The minimum absolute atomic E-state index is 0.0247. The van der Waals surface area contributed by atoms with Gasteiger partial charge >= 0.3 is 6.18 Å². The molecule has 0 bridgehead atoms. The van der Waals surface area contributed by atoms with E-state index < -0.39 is 32.2 Å². The van der Waals surface area contributed by atoms with E-state index in [4.69, 9.17) is 4.74 Å². The predicted molar refractivity (Wildman–Crippen MR) is 153 cm³/mol. The Labute approximate surface area is 244 Å². The standard InChI is InChI=1S/C29H40F3N3O4S2/c1-5-35(28(2,3)4)41(37,38)24-12-11-20(18-22(24)29(30,31)32)25-23(17-19-9-7-6-8-10-19)34-27(40-25)26(36)33-21-13-15-39-16-14-21/h11-12,18-19,21H,5-10,13-17H2,1-4H3,(H,33,36). The molecule has 4 rings (SSSR count). The maximum absolute atomic E-state index is 14.4. The third kappa shape index (κ3) is 7.50. The molecule has 2 aromatic rings. The molecule has 0 radical (unpaired) electrons. The van der Waals surface area contributed by atoms with Crippen molar-refractivity contribution in [3.8, 4) is 10.4 Å². The molecule has 228 valence electrons. The lowest BCUT2D eigenvalue weighted by Crippen LogP contribution is -2.45. The second-order valence-electron chi connectivity index (χ2n) is 11.9. The van der Waals surface area contributed by atoms with Crippen LogP contribution in [0.2, 0.25) is 0 Å². The number of benzene rings is 1. The normalized spacial score (nSPS) is 18.1. The molecule has 1 saturated heterocycles. The zero-order chi connectivity index (χ0) is 30.0. The number of carbonyl (C=O) groups is 1. The first-order valence-corrected chi connectivity index (χ1v) is 16.6. The molecule has 0 spiro atoms. The van der Waals surface area contributed by atoms with Gasteiger partial charge in [-0.25, -0.2) is 13.4 Å². The molecule has 1 amide bonds. The third-order valence-corrected chi connectivity index (χ3v) is 11.2. The number of thiazole rings is 1. The van der Waals surface area contributed by atoms with Crippen LogP contribution in [0.3, 0.4) is 0 Å². The van der Waals surface area contributed by atoms with Crippen molar-refractivity contribution in [3.05, 3.63) is 34.5 Å². The van der Waals surface area contributed by atoms with Crippen molar-refractivity contribution in [2.45, 2.75) is 102 Å². The largest absolute Gasteiger partial charge is 0.417 e. The van der Waals surface area contributed by atoms with E-state index in [1.165, 1.54) is 6.07 Å². The summed E-state index contributed by atoms with van der Waals surface area (Å²) in [6.07, 6.45) is 2.38. The number of rotatable bonds is 8. The van der Waals surface area contributed by atoms with Crippen molar-refractivity contribution < 1.29 is 31.1 Å². The highest BCUT2D eigenvalue weighted by atomic mass is 32.2. The van der Waals surface area contributed by atoms with Crippen LogP contribution in [-0.4, -0.2) is 55.0 Å². The SMILES string of the molecule is CCN(C(C)(C)C)S(=O)(=O)c1ccc(-c2sc(C(=O)NC3CCOCC3)nc2CC2CCCCC2)cc1C(F)(F)F. The van der Waals surface area contributed by atoms with Crippen LogP contribution in [0.15, 0.2) is 23.1 Å². The van der Waals surface area contributed by atoms with Gasteiger partial charge in [0.15, 0.2) is 5.01 Å². The van der Waals surface area contributed by atoms with Crippen molar-refractivity contribution in [2.75, 3.05) is 19.8 Å². The maximum Gasteiger partial charge on any atom is 0.417 e. The molecule has 2 heterocycles. The number of nitrogens with one attached hydrogen (secondary N) is 1. The van der Waals surface area contributed by atoms with Crippen molar-refractivity contribution >= 4 is 27.3 Å². The molecule has 0 unspecified atom stereocenters. The monoisotopic (exact) mass is 615 g/mol. The number of carbonyl (C=O) groups excluding carboxylic acids is 1. The van der Waals surface area contributed by atoms with E-state index in [1.54, 1.807) is 27.7 Å². The van der Waals surface area contributed by atoms with Crippen LogP contribution in [0.1, 0.15) is 93.7 Å². The lowest BCUT2D eigenvalue weighted by Gasteiger charge is -2.34. The van der Waals surface area contributed by atoms with E-state index in [1.807, 2.05) is 0 Å². The third-order valence-electron chi connectivity index (χ3n) is 7.81. The first kappa shape index (κ1) is 31.9. The van der Waals surface area contributed by atoms with Crippen LogP contribution in [0.5, 0.6) is 0 Å². The van der Waals surface area contributed by atoms with Crippen LogP contribution in [0.4, 0.5) is 13.2 Å². The molecule has 12 heteroatoms. The van der Waals surface area contributed by atoms with Crippen LogP contribution < -0.4 is 5.32 Å². The van der Waals surface area contributed by atoms with Gasteiger partial charge in [-0.3, -0.25) is 4.79 Å². The Bertz CT molecular complexity index is 1320. The number of amides is 1. The highest BCUT2D eigenvalue weighted by Crippen LogP contribution is 2.42. The average Bonchev–Trinajstić information content (AvgIpc) is 3.32. The Kier molecular flexibility index (Phi) is 9.87. The molecule has 41 heavy (non-hydrogen) atoms. The quantitative estimate of drug-likeness (QED) is 0.358. The molecule has 1 aliphatic carbocycles. The minimum Gasteiger partial charge on any atom is -0.381 e. The van der Waals surface area contributed by atoms with Crippen LogP contribution in [0.25, 0.3) is 10.4 Å². The Hall–Kier alpha value is -2.02. The first-order valence-electron chi connectivity index (χ1n) is 14.3. The fourth-order valence-corrected chi connectivity index (χ4v) is 8.79. The van der Waals surface area contributed by atoms with Gasteiger partial charge in [-0.1, -0.05) is 45.1 Å². The number of sulfonamides is 1. The van der Waals surface area contributed by atoms with E-state index in [0.29, 0.717) is 49.0 Å². The summed E-state index contributed by atoms with van der Waals surface area (Å²) in [6.45, 7) is 7.69. The Morgan fingerprint density at radius 2 is 1.76 bits per heavy atom. The van der Waals surface area contributed by atoms with Gasteiger partial charge in [0.25, 0.3) is 5.91 Å². The molecule has 7 nitrogen and oxygen atoms in total. The topological polar surface area (TPSA) is 88.6 Å². The summed E-state index contributed by atoms with van der Waals surface area (Å²) in [5.74, 6) is -0.0142. The van der Waals surface area contributed by atoms with Crippen LogP contribution in [-0.2, 0) is 27.4 Å². The minimum atomic E-state index is -4.91. The van der Waals surface area contributed by atoms with Gasteiger partial charge in [0.05, 0.1) is 21.0 Å². The number of halogens is 3. The summed E-state index contributed by atoms with van der Waals surface area (Å²) in [6, 6.07) is 3.32. The second-order valence-corrected chi connectivity index (χ2v) is 14.7. The molecule has 2 aliphatic rings. The lowest BCUT2D eigenvalue weighted by molar-refractivity contribution is -0.139. The number of ether oxygens (including phenoxy) is 1. The number of hydrogen-bond donors (Lipinski definition) is 1. The fraction of sp³-hybridized carbons (Fsp3) is 0.655. The van der Waals surface area contributed by atoms with Gasteiger partial charge in [0, 0.05) is 31.3 Å². The van der Waals surface area contributed by atoms with Crippen molar-refractivity contribution in [1.82, 2.24) is 14.6 Å². The van der Waals surface area contributed by atoms with Crippen molar-refractivity contribution in [1.29, 1.82) is 0 Å². The predicted octanol–water partition coefficient (Wildman–Crippen LogP) is 6.67. The highest BCUT2D eigenvalue weighted by molar-refractivity contribution is 7.89. The van der Waals surface area contributed by atoms with E-state index in [0.717, 1.165) is 59.9 Å². The average molecular weight is 616 g/mol. The number of alkyl halides is 3.